The van der Waals surface area contributed by atoms with E-state index < -0.39 is 11.7 Å². The molecule has 2 heterocycles. The van der Waals surface area contributed by atoms with Crippen molar-refractivity contribution in [1.29, 1.82) is 0 Å². The molecule has 0 radical (unpaired) electrons. The lowest BCUT2D eigenvalue weighted by Gasteiger charge is -2.25. The number of nitrogens with zero attached hydrogens (tertiary/aromatic N) is 4. The molecule has 0 aliphatic carbocycles. The molecule has 0 bridgehead atoms. The molecule has 0 saturated carbocycles. The largest absolute Gasteiger partial charge is 0.495 e. The van der Waals surface area contributed by atoms with Crippen LogP contribution in [0, 0.1) is 6.92 Å². The number of hydrogen-bond donors (Lipinski definition) is 2. The predicted molar refractivity (Wildman–Crippen MR) is 136 cm³/mol. The maximum Gasteiger partial charge on any atom is 0.415 e. The summed E-state index contributed by atoms with van der Waals surface area (Å²) in [6.45, 7) is 9.62. The van der Waals surface area contributed by atoms with Crippen LogP contribution in [0.25, 0.3) is 5.65 Å². The molecule has 0 fully saturated rings. The molecule has 0 saturated heterocycles. The first-order chi connectivity index (χ1) is 16.9. The molecule has 1 aromatic carbocycles. The SMILES string of the molecule is COc1ccc(COC[C@@H](C)NC(=O)c2cnn3c(N(C)C(=O)OC(C)(C)C)cc(C)nc23)cc1N. The van der Waals surface area contributed by atoms with Gasteiger partial charge in [-0.3, -0.25) is 9.69 Å². The second-order valence-corrected chi connectivity index (χ2v) is 9.55. The van der Waals surface area contributed by atoms with Crippen molar-refractivity contribution in [1.82, 2.24) is 19.9 Å². The zero-order valence-electron chi connectivity index (χ0n) is 21.8. The molecule has 0 aliphatic heterocycles. The fourth-order valence-corrected chi connectivity index (χ4v) is 3.46. The number of anilines is 2. The molecule has 2 amide bonds. The van der Waals surface area contributed by atoms with Crippen LogP contribution in [0.1, 0.15) is 49.3 Å². The van der Waals surface area contributed by atoms with E-state index in [1.165, 1.54) is 15.6 Å². The number of nitrogen functional groups attached to an aromatic ring is 1. The molecule has 36 heavy (non-hydrogen) atoms. The minimum Gasteiger partial charge on any atom is -0.495 e. The number of hydrogen-bond acceptors (Lipinski definition) is 8. The number of amides is 2. The van der Waals surface area contributed by atoms with Crippen LogP contribution in [-0.4, -0.2) is 59.0 Å². The Hall–Kier alpha value is -3.86. The van der Waals surface area contributed by atoms with Gasteiger partial charge in [0.05, 0.1) is 32.2 Å². The summed E-state index contributed by atoms with van der Waals surface area (Å²) in [7, 11) is 3.15. The van der Waals surface area contributed by atoms with Gasteiger partial charge in [0.2, 0.25) is 0 Å². The lowest BCUT2D eigenvalue weighted by molar-refractivity contribution is 0.0587. The summed E-state index contributed by atoms with van der Waals surface area (Å²) in [5.41, 5.74) is 7.95. The number of methoxy groups -OCH3 is 1. The van der Waals surface area contributed by atoms with Gasteiger partial charge in [0, 0.05) is 24.8 Å². The van der Waals surface area contributed by atoms with Crippen molar-refractivity contribution < 1.29 is 23.8 Å². The summed E-state index contributed by atoms with van der Waals surface area (Å²) in [5.74, 6) is 0.691. The smallest absolute Gasteiger partial charge is 0.415 e. The van der Waals surface area contributed by atoms with E-state index >= 15 is 0 Å². The first-order valence-corrected chi connectivity index (χ1v) is 11.5. The van der Waals surface area contributed by atoms with E-state index in [1.807, 2.05) is 13.0 Å². The summed E-state index contributed by atoms with van der Waals surface area (Å²) in [4.78, 5) is 31.4. The highest BCUT2D eigenvalue weighted by Crippen LogP contribution is 2.23. The van der Waals surface area contributed by atoms with Crippen LogP contribution < -0.4 is 20.7 Å². The first kappa shape index (κ1) is 26.7. The third kappa shape index (κ3) is 6.42. The fourth-order valence-electron chi connectivity index (χ4n) is 3.46. The number of nitrogens with two attached hydrogens (primary N) is 1. The van der Waals surface area contributed by atoms with Gasteiger partial charge < -0.3 is 25.3 Å². The standard InChI is InChI=1S/C25H34N6O5/c1-15-10-21(30(6)24(33)36-25(3,4)5)31-22(28-15)18(12-27-31)23(32)29-16(2)13-35-14-17-8-9-20(34-7)19(26)11-17/h8-12,16H,13-14,26H2,1-7H3,(H,29,32)/t16-/m1/s1. The molecule has 11 heteroatoms. The maximum atomic E-state index is 13.0. The lowest BCUT2D eigenvalue weighted by Crippen LogP contribution is -2.36. The Morgan fingerprint density at radius 2 is 1.97 bits per heavy atom. The van der Waals surface area contributed by atoms with E-state index in [9.17, 15) is 9.59 Å². The van der Waals surface area contributed by atoms with Gasteiger partial charge in [-0.05, 0) is 52.3 Å². The number of carbonyl (C=O) groups excluding carboxylic acids is 2. The lowest BCUT2D eigenvalue weighted by atomic mass is 10.2. The van der Waals surface area contributed by atoms with E-state index in [-0.39, 0.29) is 24.1 Å². The summed E-state index contributed by atoms with van der Waals surface area (Å²) >= 11 is 0. The van der Waals surface area contributed by atoms with Gasteiger partial charge in [-0.15, -0.1) is 0 Å². The molecule has 0 aliphatic rings. The number of aryl methyl sites for hydroxylation is 1. The van der Waals surface area contributed by atoms with Gasteiger partial charge in [-0.25, -0.2) is 9.78 Å². The van der Waals surface area contributed by atoms with Gasteiger partial charge >= 0.3 is 6.09 Å². The second kappa shape index (κ2) is 10.8. The fraction of sp³-hybridized carbons (Fsp3) is 0.440. The molecule has 3 rings (SSSR count). The highest BCUT2D eigenvalue weighted by molar-refractivity contribution is 6.00. The van der Waals surface area contributed by atoms with Crippen LogP contribution >= 0.6 is 0 Å². The Labute approximate surface area is 210 Å². The number of ether oxygens (including phenoxy) is 3. The number of benzene rings is 1. The van der Waals surface area contributed by atoms with Crippen molar-refractivity contribution >= 4 is 29.2 Å². The topological polar surface area (TPSA) is 133 Å². The van der Waals surface area contributed by atoms with Crippen molar-refractivity contribution in [2.45, 2.75) is 52.9 Å². The van der Waals surface area contributed by atoms with E-state index in [1.54, 1.807) is 60.1 Å². The van der Waals surface area contributed by atoms with Crippen molar-refractivity contribution in [3.63, 3.8) is 0 Å². The number of aromatic nitrogens is 3. The predicted octanol–water partition coefficient (Wildman–Crippen LogP) is 3.33. The maximum absolute atomic E-state index is 13.0. The van der Waals surface area contributed by atoms with Crippen LogP contribution in [0.2, 0.25) is 0 Å². The second-order valence-electron chi connectivity index (χ2n) is 9.55. The molecule has 0 spiro atoms. The van der Waals surface area contributed by atoms with Crippen LogP contribution in [0.15, 0.2) is 30.5 Å². The van der Waals surface area contributed by atoms with Crippen LogP contribution in [-0.2, 0) is 16.1 Å². The Morgan fingerprint density at radius 1 is 1.25 bits per heavy atom. The molecule has 11 nitrogen and oxygen atoms in total. The van der Waals surface area contributed by atoms with Gasteiger partial charge in [0.25, 0.3) is 5.91 Å². The summed E-state index contributed by atoms with van der Waals surface area (Å²) in [6, 6.07) is 6.87. The normalized spacial score (nSPS) is 12.3. The summed E-state index contributed by atoms with van der Waals surface area (Å²) in [5, 5.41) is 7.21. The zero-order chi connectivity index (χ0) is 26.6. The average Bonchev–Trinajstić information content (AvgIpc) is 3.20. The van der Waals surface area contributed by atoms with E-state index in [0.29, 0.717) is 35.2 Å². The van der Waals surface area contributed by atoms with Crippen LogP contribution in [0.3, 0.4) is 0 Å². The van der Waals surface area contributed by atoms with Crippen LogP contribution in [0.4, 0.5) is 16.3 Å². The number of fused-ring (bicyclic) bond motifs is 1. The quantitative estimate of drug-likeness (QED) is 0.452. The highest BCUT2D eigenvalue weighted by atomic mass is 16.6. The minimum atomic E-state index is -0.653. The summed E-state index contributed by atoms with van der Waals surface area (Å²) in [6.07, 6.45) is 0.886. The molecular formula is C25H34N6O5. The molecule has 3 aromatic rings. The van der Waals surface area contributed by atoms with Gasteiger partial charge in [0.1, 0.15) is 22.7 Å². The molecule has 2 aromatic heterocycles. The Bertz CT molecular complexity index is 1250. The Kier molecular flexibility index (Phi) is 8.03. The van der Waals surface area contributed by atoms with E-state index in [0.717, 1.165) is 5.56 Å². The highest BCUT2D eigenvalue weighted by Gasteiger charge is 2.25. The Balaban J connectivity index is 1.68. The monoisotopic (exact) mass is 498 g/mol. The molecular weight excluding hydrogens is 464 g/mol. The molecule has 0 unspecified atom stereocenters. The molecule has 194 valence electrons. The van der Waals surface area contributed by atoms with Crippen molar-refractivity contribution in [2.75, 3.05) is 31.4 Å². The number of carbonyl (C=O) groups is 2. The minimum absolute atomic E-state index is 0.281. The van der Waals surface area contributed by atoms with Gasteiger partial charge in [0.15, 0.2) is 5.65 Å². The van der Waals surface area contributed by atoms with Crippen LogP contribution in [0.5, 0.6) is 5.75 Å². The number of rotatable bonds is 8. The van der Waals surface area contributed by atoms with E-state index in [2.05, 4.69) is 15.4 Å². The third-order valence-electron chi connectivity index (χ3n) is 5.14. The number of nitrogens with one attached hydrogen (secondary N) is 1. The first-order valence-electron chi connectivity index (χ1n) is 11.5. The van der Waals surface area contributed by atoms with Gasteiger partial charge in [-0.2, -0.15) is 9.61 Å². The zero-order valence-corrected chi connectivity index (χ0v) is 21.8. The van der Waals surface area contributed by atoms with Crippen molar-refractivity contribution in [3.8, 4) is 5.75 Å². The Morgan fingerprint density at radius 3 is 2.61 bits per heavy atom. The van der Waals surface area contributed by atoms with E-state index in [4.69, 9.17) is 19.9 Å². The summed E-state index contributed by atoms with van der Waals surface area (Å²) < 4.78 is 17.8. The van der Waals surface area contributed by atoms with Crippen molar-refractivity contribution in [2.24, 2.45) is 0 Å². The average molecular weight is 499 g/mol. The van der Waals surface area contributed by atoms with Gasteiger partial charge in [-0.1, -0.05) is 6.07 Å². The third-order valence-corrected chi connectivity index (χ3v) is 5.14. The molecule has 1 atom stereocenters. The van der Waals surface area contributed by atoms with Crippen molar-refractivity contribution in [3.05, 3.63) is 47.3 Å². The molecule has 3 N–H and O–H groups in total.